The summed E-state index contributed by atoms with van der Waals surface area (Å²) in [6, 6.07) is 4.50. The van der Waals surface area contributed by atoms with Gasteiger partial charge in [-0.1, -0.05) is 17.4 Å². The van der Waals surface area contributed by atoms with Crippen LogP contribution in [0.1, 0.15) is 26.5 Å². The summed E-state index contributed by atoms with van der Waals surface area (Å²) in [5, 5.41) is 3.11. The Balaban J connectivity index is 2.08. The van der Waals surface area contributed by atoms with Gasteiger partial charge in [0.15, 0.2) is 5.13 Å². The van der Waals surface area contributed by atoms with Crippen molar-refractivity contribution in [2.45, 2.75) is 20.4 Å². The molecule has 2 aromatic rings. The molecule has 0 aliphatic carbocycles. The molecule has 100 valence electrons. The number of nitrogens with one attached hydrogen (secondary N) is 1. The van der Waals surface area contributed by atoms with Crippen LogP contribution in [0.15, 0.2) is 18.2 Å². The molecule has 0 fully saturated rings. The summed E-state index contributed by atoms with van der Waals surface area (Å²) in [6.07, 6.45) is 0. The van der Waals surface area contributed by atoms with Crippen molar-refractivity contribution in [1.29, 1.82) is 0 Å². The first-order valence-electron chi connectivity index (χ1n) is 5.73. The first-order valence-corrected chi connectivity index (χ1v) is 6.55. The van der Waals surface area contributed by atoms with Gasteiger partial charge in [0.1, 0.15) is 10.7 Å². The lowest BCUT2D eigenvalue weighted by molar-refractivity contribution is 0.0954. The third kappa shape index (κ3) is 3.08. The smallest absolute Gasteiger partial charge is 0.263 e. The molecule has 2 rings (SSSR count). The molecule has 0 radical (unpaired) electrons. The Hall–Kier alpha value is -1.95. The van der Waals surface area contributed by atoms with Crippen molar-refractivity contribution in [1.82, 2.24) is 10.3 Å². The Bertz CT molecular complexity index is 624. The van der Waals surface area contributed by atoms with E-state index in [1.54, 1.807) is 13.0 Å². The average molecular weight is 279 g/mol. The first kappa shape index (κ1) is 13.5. The van der Waals surface area contributed by atoms with Crippen molar-refractivity contribution in [3.63, 3.8) is 0 Å². The molecule has 19 heavy (non-hydrogen) atoms. The van der Waals surface area contributed by atoms with E-state index in [-0.39, 0.29) is 18.3 Å². The van der Waals surface area contributed by atoms with Gasteiger partial charge in [0.05, 0.1) is 5.69 Å². The van der Waals surface area contributed by atoms with E-state index in [2.05, 4.69) is 10.3 Å². The van der Waals surface area contributed by atoms with Crippen LogP contribution in [0.25, 0.3) is 0 Å². The highest BCUT2D eigenvalue weighted by Crippen LogP contribution is 2.19. The summed E-state index contributed by atoms with van der Waals surface area (Å²) in [7, 11) is 0. The molecule has 0 saturated carbocycles. The van der Waals surface area contributed by atoms with Gasteiger partial charge < -0.3 is 11.1 Å². The number of anilines is 1. The van der Waals surface area contributed by atoms with E-state index < -0.39 is 0 Å². The van der Waals surface area contributed by atoms with Crippen molar-refractivity contribution in [3.05, 3.63) is 45.7 Å². The van der Waals surface area contributed by atoms with Crippen LogP contribution in [0.3, 0.4) is 0 Å². The number of nitrogens with two attached hydrogens (primary N) is 1. The van der Waals surface area contributed by atoms with E-state index in [4.69, 9.17) is 5.73 Å². The van der Waals surface area contributed by atoms with Gasteiger partial charge in [-0.05, 0) is 37.1 Å². The van der Waals surface area contributed by atoms with Gasteiger partial charge in [0.2, 0.25) is 0 Å². The second-order valence-electron chi connectivity index (χ2n) is 4.22. The molecule has 6 heteroatoms. The molecular weight excluding hydrogens is 265 g/mol. The van der Waals surface area contributed by atoms with Crippen LogP contribution in [0.5, 0.6) is 0 Å². The lowest BCUT2D eigenvalue weighted by Gasteiger charge is -2.07. The molecule has 1 amide bonds. The minimum atomic E-state index is -0.312. The van der Waals surface area contributed by atoms with Crippen molar-refractivity contribution in [3.8, 4) is 0 Å². The quantitative estimate of drug-likeness (QED) is 0.906. The summed E-state index contributed by atoms with van der Waals surface area (Å²) >= 11 is 1.15. The second-order valence-corrected chi connectivity index (χ2v) is 5.25. The topological polar surface area (TPSA) is 68.0 Å². The van der Waals surface area contributed by atoms with Crippen molar-refractivity contribution in [2.75, 3.05) is 5.73 Å². The molecule has 0 aliphatic heterocycles. The van der Waals surface area contributed by atoms with E-state index >= 15 is 0 Å². The van der Waals surface area contributed by atoms with Crippen LogP contribution in [-0.4, -0.2) is 10.9 Å². The van der Waals surface area contributed by atoms with Crippen LogP contribution >= 0.6 is 11.3 Å². The molecule has 0 atom stereocenters. The number of halogens is 1. The summed E-state index contributed by atoms with van der Waals surface area (Å²) in [5.41, 5.74) is 7.84. The minimum Gasteiger partial charge on any atom is -0.375 e. The van der Waals surface area contributed by atoms with Gasteiger partial charge in [-0.25, -0.2) is 9.37 Å². The minimum absolute atomic E-state index is 0.240. The highest BCUT2D eigenvalue weighted by atomic mass is 32.1. The maximum atomic E-state index is 13.1. The van der Waals surface area contributed by atoms with Crippen LogP contribution < -0.4 is 11.1 Å². The monoisotopic (exact) mass is 279 g/mol. The van der Waals surface area contributed by atoms with Gasteiger partial charge in [-0.3, -0.25) is 4.79 Å². The number of nitrogens with zero attached hydrogens (tertiary/aromatic N) is 1. The van der Waals surface area contributed by atoms with E-state index in [0.717, 1.165) is 22.5 Å². The normalized spacial score (nSPS) is 10.5. The number of thiazole rings is 1. The molecule has 1 heterocycles. The predicted octanol–water partition coefficient (Wildman–Crippen LogP) is 2.41. The molecule has 3 N–H and O–H groups in total. The Morgan fingerprint density at radius 3 is 2.84 bits per heavy atom. The highest BCUT2D eigenvalue weighted by Gasteiger charge is 2.14. The molecular formula is C13H14FN3OS. The Morgan fingerprint density at radius 2 is 2.21 bits per heavy atom. The lowest BCUT2D eigenvalue weighted by Crippen LogP contribution is -2.23. The lowest BCUT2D eigenvalue weighted by atomic mass is 10.1. The molecule has 4 nitrogen and oxygen atoms in total. The zero-order chi connectivity index (χ0) is 14.0. The number of rotatable bonds is 3. The number of carbonyl (C=O) groups excluding carboxylic acids is 1. The summed E-state index contributed by atoms with van der Waals surface area (Å²) in [4.78, 5) is 16.4. The number of aryl methyl sites for hydroxylation is 2. The van der Waals surface area contributed by atoms with Gasteiger partial charge in [0.25, 0.3) is 5.91 Å². The number of amides is 1. The zero-order valence-electron chi connectivity index (χ0n) is 10.7. The third-order valence-corrected chi connectivity index (χ3v) is 3.76. The van der Waals surface area contributed by atoms with Crippen LogP contribution in [0, 0.1) is 19.7 Å². The average Bonchev–Trinajstić information content (AvgIpc) is 2.69. The van der Waals surface area contributed by atoms with Gasteiger partial charge in [-0.2, -0.15) is 0 Å². The molecule has 0 bridgehead atoms. The fraction of sp³-hybridized carbons (Fsp3) is 0.231. The van der Waals surface area contributed by atoms with Crippen LogP contribution in [-0.2, 0) is 6.54 Å². The first-order chi connectivity index (χ1) is 8.97. The fourth-order valence-corrected chi connectivity index (χ4v) is 2.46. The third-order valence-electron chi connectivity index (χ3n) is 2.77. The van der Waals surface area contributed by atoms with E-state index in [1.165, 1.54) is 12.1 Å². The standard InChI is InChI=1S/C13H14FN3OS/c1-7-3-4-10(14)5-9(7)6-16-12(18)11-8(2)17-13(15)19-11/h3-5H,6H2,1-2H3,(H2,15,17)(H,16,18). The van der Waals surface area contributed by atoms with Crippen LogP contribution in [0.2, 0.25) is 0 Å². The second kappa shape index (κ2) is 5.36. The number of carbonyl (C=O) groups is 1. The Kier molecular flexibility index (Phi) is 3.80. The van der Waals surface area contributed by atoms with Crippen molar-refractivity contribution in [2.24, 2.45) is 0 Å². The predicted molar refractivity (Wildman–Crippen MR) is 73.6 cm³/mol. The molecule has 1 aromatic carbocycles. The largest absolute Gasteiger partial charge is 0.375 e. The van der Waals surface area contributed by atoms with E-state index in [1.807, 2.05) is 6.92 Å². The number of benzene rings is 1. The summed E-state index contributed by atoms with van der Waals surface area (Å²) in [6.45, 7) is 3.88. The number of hydrogen-bond acceptors (Lipinski definition) is 4. The number of hydrogen-bond donors (Lipinski definition) is 2. The van der Waals surface area contributed by atoms with Gasteiger partial charge >= 0.3 is 0 Å². The molecule has 1 aromatic heterocycles. The van der Waals surface area contributed by atoms with Crippen molar-refractivity contribution < 1.29 is 9.18 Å². The Labute approximate surface area is 114 Å². The van der Waals surface area contributed by atoms with Gasteiger partial charge in [0, 0.05) is 6.54 Å². The number of nitrogen functional groups attached to an aromatic ring is 1. The molecule has 0 spiro atoms. The van der Waals surface area contributed by atoms with Gasteiger partial charge in [-0.15, -0.1) is 0 Å². The van der Waals surface area contributed by atoms with E-state index in [9.17, 15) is 9.18 Å². The SMILES string of the molecule is Cc1ccc(F)cc1CNC(=O)c1sc(N)nc1C. The Morgan fingerprint density at radius 1 is 1.47 bits per heavy atom. The highest BCUT2D eigenvalue weighted by molar-refractivity contribution is 7.17. The van der Waals surface area contributed by atoms with E-state index in [0.29, 0.717) is 15.7 Å². The molecule has 0 aliphatic rings. The maximum absolute atomic E-state index is 13.1. The van der Waals surface area contributed by atoms with Crippen molar-refractivity contribution >= 4 is 22.4 Å². The molecule has 0 unspecified atom stereocenters. The van der Waals surface area contributed by atoms with Crippen LogP contribution in [0.4, 0.5) is 9.52 Å². The summed E-state index contributed by atoms with van der Waals surface area (Å²) < 4.78 is 13.1. The fourth-order valence-electron chi connectivity index (χ4n) is 1.71. The maximum Gasteiger partial charge on any atom is 0.263 e. The number of aromatic nitrogens is 1. The summed E-state index contributed by atoms with van der Waals surface area (Å²) in [5.74, 6) is -0.552. The zero-order valence-corrected chi connectivity index (χ0v) is 11.5. The molecule has 0 saturated heterocycles.